The molecular weight excluding hydrogens is 380 g/mol. The van der Waals surface area contributed by atoms with E-state index in [1.54, 1.807) is 13.4 Å². The van der Waals surface area contributed by atoms with Crippen LogP contribution in [-0.4, -0.2) is 57.3 Å². The second kappa shape index (κ2) is 9.89. The van der Waals surface area contributed by atoms with E-state index in [0.29, 0.717) is 6.54 Å². The molecular formula is C23H32N4O3. The highest BCUT2D eigenvalue weighted by atomic mass is 16.5. The number of ether oxygens (including phenoxy) is 1. The molecule has 162 valence electrons. The molecule has 1 fully saturated rings. The summed E-state index contributed by atoms with van der Waals surface area (Å²) in [5, 5.41) is 6.10. The quantitative estimate of drug-likeness (QED) is 0.684. The van der Waals surface area contributed by atoms with E-state index in [1.807, 2.05) is 18.2 Å². The third kappa shape index (κ3) is 5.08. The number of carbonyl (C=O) groups is 1. The molecule has 1 saturated heterocycles. The molecule has 0 radical (unpaired) electrons. The Hall–Kier alpha value is -2.67. The molecule has 1 aliphatic carbocycles. The zero-order valence-electron chi connectivity index (χ0n) is 17.7. The van der Waals surface area contributed by atoms with E-state index in [2.05, 4.69) is 32.6 Å². The number of piperazine rings is 1. The van der Waals surface area contributed by atoms with Crippen LogP contribution in [0.1, 0.15) is 36.6 Å². The number of hydrogen-bond acceptors (Lipinski definition) is 5. The van der Waals surface area contributed by atoms with Crippen molar-refractivity contribution in [1.82, 2.24) is 15.5 Å². The second-order valence-corrected chi connectivity index (χ2v) is 8.02. The molecule has 2 heterocycles. The van der Waals surface area contributed by atoms with Crippen molar-refractivity contribution in [3.8, 4) is 5.75 Å². The van der Waals surface area contributed by atoms with Crippen molar-refractivity contribution in [2.75, 3.05) is 51.3 Å². The summed E-state index contributed by atoms with van der Waals surface area (Å²) in [4.78, 5) is 17.1. The average Bonchev–Trinajstić information content (AvgIpc) is 3.27. The molecule has 0 bridgehead atoms. The maximum atomic E-state index is 12.3. The number of fused-ring (bicyclic) bond motifs is 1. The van der Waals surface area contributed by atoms with Crippen LogP contribution in [0.3, 0.4) is 0 Å². The second-order valence-electron chi connectivity index (χ2n) is 8.02. The Morgan fingerprint density at radius 3 is 2.73 bits per heavy atom. The van der Waals surface area contributed by atoms with Gasteiger partial charge in [0.2, 0.25) is 0 Å². The van der Waals surface area contributed by atoms with Crippen LogP contribution in [0.15, 0.2) is 41.0 Å². The van der Waals surface area contributed by atoms with Gasteiger partial charge in [-0.1, -0.05) is 0 Å². The fraction of sp³-hybridized carbons (Fsp3) is 0.522. The first kappa shape index (κ1) is 20.6. The number of hydrogen-bond donors (Lipinski definition) is 2. The maximum absolute atomic E-state index is 12.3. The van der Waals surface area contributed by atoms with Crippen LogP contribution in [0.2, 0.25) is 0 Å². The predicted octanol–water partition coefficient (Wildman–Crippen LogP) is 3.18. The summed E-state index contributed by atoms with van der Waals surface area (Å²) in [7, 11) is 1.69. The van der Waals surface area contributed by atoms with Crippen molar-refractivity contribution in [2.45, 2.75) is 31.7 Å². The fourth-order valence-electron chi connectivity index (χ4n) is 4.37. The van der Waals surface area contributed by atoms with E-state index in [1.165, 1.54) is 5.69 Å². The van der Waals surface area contributed by atoms with Gasteiger partial charge in [-0.05, 0) is 56.1 Å². The molecule has 1 aromatic heterocycles. The highest BCUT2D eigenvalue weighted by Gasteiger charge is 2.24. The van der Waals surface area contributed by atoms with Gasteiger partial charge in [0, 0.05) is 50.4 Å². The molecule has 2 aliphatic rings. The van der Waals surface area contributed by atoms with Crippen LogP contribution < -0.4 is 20.3 Å². The third-order valence-electron chi connectivity index (χ3n) is 6.10. The Bertz CT molecular complexity index is 812. The van der Waals surface area contributed by atoms with Crippen LogP contribution >= 0.6 is 0 Å². The Kier molecular flexibility index (Phi) is 6.79. The van der Waals surface area contributed by atoms with E-state index >= 15 is 0 Å². The lowest BCUT2D eigenvalue weighted by Crippen LogP contribution is -2.47. The average molecular weight is 413 g/mol. The molecule has 2 aromatic rings. The Morgan fingerprint density at radius 2 is 1.97 bits per heavy atom. The number of nitrogens with zero attached hydrogens (tertiary/aromatic N) is 2. The van der Waals surface area contributed by atoms with E-state index in [-0.39, 0.29) is 12.1 Å². The van der Waals surface area contributed by atoms with Crippen molar-refractivity contribution in [3.05, 3.63) is 47.9 Å². The molecule has 2 amide bonds. The molecule has 0 spiro atoms. The van der Waals surface area contributed by atoms with E-state index < -0.39 is 0 Å². The normalized spacial score (nSPS) is 19.2. The van der Waals surface area contributed by atoms with Crippen LogP contribution in [0.4, 0.5) is 10.5 Å². The topological polar surface area (TPSA) is 70.0 Å². The highest BCUT2D eigenvalue weighted by molar-refractivity contribution is 5.74. The van der Waals surface area contributed by atoms with Crippen molar-refractivity contribution in [3.63, 3.8) is 0 Å². The van der Waals surface area contributed by atoms with Gasteiger partial charge in [-0.15, -0.1) is 0 Å². The summed E-state index contributed by atoms with van der Waals surface area (Å²) in [5.41, 5.74) is 2.38. The molecule has 1 aromatic carbocycles. The fourth-order valence-corrected chi connectivity index (χ4v) is 4.37. The molecule has 1 unspecified atom stereocenters. The summed E-state index contributed by atoms with van der Waals surface area (Å²) in [6.07, 6.45) is 5.66. The predicted molar refractivity (Wildman–Crippen MR) is 117 cm³/mol. The Labute approximate surface area is 178 Å². The summed E-state index contributed by atoms with van der Waals surface area (Å²) >= 11 is 0. The number of furan rings is 1. The minimum absolute atomic E-state index is 0.0681. The highest BCUT2D eigenvalue weighted by Crippen LogP contribution is 2.30. The number of urea groups is 1. The third-order valence-corrected chi connectivity index (χ3v) is 6.10. The van der Waals surface area contributed by atoms with Gasteiger partial charge < -0.3 is 24.7 Å². The number of benzene rings is 1. The van der Waals surface area contributed by atoms with Gasteiger partial charge in [0.05, 0.1) is 19.4 Å². The summed E-state index contributed by atoms with van der Waals surface area (Å²) in [5.74, 6) is 1.91. The first-order valence-electron chi connectivity index (χ1n) is 10.9. The molecule has 1 atom stereocenters. The van der Waals surface area contributed by atoms with Crippen molar-refractivity contribution in [2.24, 2.45) is 0 Å². The van der Waals surface area contributed by atoms with Crippen LogP contribution in [0, 0.1) is 0 Å². The van der Waals surface area contributed by atoms with E-state index in [0.717, 1.165) is 75.5 Å². The lowest BCUT2D eigenvalue weighted by molar-refractivity contribution is 0.231. The molecule has 4 rings (SSSR count). The Morgan fingerprint density at radius 1 is 1.17 bits per heavy atom. The number of aryl methyl sites for hydroxylation is 1. The zero-order valence-corrected chi connectivity index (χ0v) is 17.7. The van der Waals surface area contributed by atoms with Crippen LogP contribution in [-0.2, 0) is 6.42 Å². The smallest absolute Gasteiger partial charge is 0.315 e. The monoisotopic (exact) mass is 412 g/mol. The molecule has 1 aliphatic heterocycles. The summed E-state index contributed by atoms with van der Waals surface area (Å²) < 4.78 is 10.7. The van der Waals surface area contributed by atoms with Gasteiger partial charge in [-0.2, -0.15) is 0 Å². The Balaban J connectivity index is 1.12. The van der Waals surface area contributed by atoms with E-state index in [4.69, 9.17) is 9.15 Å². The van der Waals surface area contributed by atoms with Gasteiger partial charge >= 0.3 is 6.03 Å². The van der Waals surface area contributed by atoms with Crippen molar-refractivity contribution >= 4 is 11.7 Å². The molecule has 7 heteroatoms. The number of nitrogens with one attached hydrogen (secondary N) is 2. The number of amides is 2. The van der Waals surface area contributed by atoms with Crippen LogP contribution in [0.25, 0.3) is 0 Å². The lowest BCUT2D eigenvalue weighted by atomic mass is 9.93. The van der Waals surface area contributed by atoms with Gasteiger partial charge in [-0.25, -0.2) is 4.79 Å². The van der Waals surface area contributed by atoms with Crippen molar-refractivity contribution in [1.29, 1.82) is 0 Å². The minimum atomic E-state index is -0.0848. The summed E-state index contributed by atoms with van der Waals surface area (Å²) in [6, 6.07) is 10.2. The molecule has 7 nitrogen and oxygen atoms in total. The first-order chi connectivity index (χ1) is 14.7. The minimum Gasteiger partial charge on any atom is -0.497 e. The lowest BCUT2D eigenvalue weighted by Gasteiger charge is -2.36. The van der Waals surface area contributed by atoms with Gasteiger partial charge in [0.25, 0.3) is 0 Å². The number of methoxy groups -OCH3 is 1. The number of carbonyl (C=O) groups excluding carboxylic acids is 1. The molecule has 2 N–H and O–H groups in total. The van der Waals surface area contributed by atoms with Crippen LogP contribution in [0.5, 0.6) is 5.75 Å². The molecule has 30 heavy (non-hydrogen) atoms. The number of anilines is 1. The number of rotatable bonds is 7. The van der Waals surface area contributed by atoms with Crippen molar-refractivity contribution < 1.29 is 13.9 Å². The van der Waals surface area contributed by atoms with Gasteiger partial charge in [-0.3, -0.25) is 4.90 Å². The standard InChI is InChI=1S/C23H32N4O3/c1-29-19-8-6-18(7-9-19)27-15-13-26(14-16-27)12-3-11-24-23(28)25-21-4-2-5-22-20(21)10-17-30-22/h6-10,17,21H,2-5,11-16H2,1H3,(H2,24,25,28). The van der Waals surface area contributed by atoms with Gasteiger partial charge in [0.15, 0.2) is 0 Å². The first-order valence-corrected chi connectivity index (χ1v) is 10.9. The largest absolute Gasteiger partial charge is 0.497 e. The van der Waals surface area contributed by atoms with Gasteiger partial charge in [0.1, 0.15) is 11.5 Å². The van der Waals surface area contributed by atoms with E-state index in [9.17, 15) is 4.79 Å². The summed E-state index contributed by atoms with van der Waals surface area (Å²) in [6.45, 7) is 5.83. The molecule has 0 saturated carbocycles. The maximum Gasteiger partial charge on any atom is 0.315 e. The SMILES string of the molecule is COc1ccc(N2CCN(CCCNC(=O)NC3CCCc4occc43)CC2)cc1. The zero-order chi connectivity index (χ0) is 20.8.